The van der Waals surface area contributed by atoms with Crippen molar-refractivity contribution in [3.05, 3.63) is 83.6 Å². The molecule has 0 bridgehead atoms. The second kappa shape index (κ2) is 8.01. The predicted molar refractivity (Wildman–Crippen MR) is 95.9 cm³/mol. The first-order chi connectivity index (χ1) is 12.2. The van der Waals surface area contributed by atoms with Gasteiger partial charge < -0.3 is 10.6 Å². The van der Waals surface area contributed by atoms with Crippen LogP contribution < -0.4 is 10.6 Å². The first-order valence-corrected chi connectivity index (χ1v) is 8.00. The van der Waals surface area contributed by atoms with Crippen LogP contribution in [0.1, 0.15) is 27.3 Å². The van der Waals surface area contributed by atoms with Crippen LogP contribution in [0.2, 0.25) is 0 Å². The molecule has 0 saturated heterocycles. The Morgan fingerprint density at radius 1 is 1.00 bits per heavy atom. The predicted octanol–water partition coefficient (Wildman–Crippen LogP) is 2.72. The SMILES string of the molecule is Cc1cccc(CNC(=O)c2cnc(NCc3ccccn3)cn2)c1. The van der Waals surface area contributed by atoms with Gasteiger partial charge in [-0.15, -0.1) is 0 Å². The topological polar surface area (TPSA) is 79.8 Å². The molecule has 0 aliphatic carbocycles. The second-order valence-electron chi connectivity index (χ2n) is 5.63. The van der Waals surface area contributed by atoms with Crippen LogP contribution in [-0.4, -0.2) is 20.9 Å². The third-order valence-corrected chi connectivity index (χ3v) is 3.60. The number of carbonyl (C=O) groups excluding carboxylic acids is 1. The molecule has 25 heavy (non-hydrogen) atoms. The fourth-order valence-electron chi connectivity index (χ4n) is 2.32. The molecule has 0 unspecified atom stereocenters. The summed E-state index contributed by atoms with van der Waals surface area (Å²) in [6, 6.07) is 13.7. The standard InChI is InChI=1S/C19H19N5O/c1-14-5-4-6-15(9-14)10-24-19(25)17-12-23-18(13-21-17)22-11-16-7-2-3-8-20-16/h2-9,12-13H,10-11H2,1H3,(H,22,23)(H,24,25). The summed E-state index contributed by atoms with van der Waals surface area (Å²) in [5.74, 6) is 0.353. The molecule has 6 nitrogen and oxygen atoms in total. The van der Waals surface area contributed by atoms with Gasteiger partial charge in [-0.3, -0.25) is 9.78 Å². The van der Waals surface area contributed by atoms with Crippen molar-refractivity contribution in [1.82, 2.24) is 20.3 Å². The molecule has 6 heteroatoms. The first kappa shape index (κ1) is 16.6. The number of rotatable bonds is 6. The van der Waals surface area contributed by atoms with Crippen LogP contribution in [0.3, 0.4) is 0 Å². The molecule has 1 aromatic carbocycles. The number of nitrogens with one attached hydrogen (secondary N) is 2. The van der Waals surface area contributed by atoms with Crippen molar-refractivity contribution < 1.29 is 4.79 Å². The summed E-state index contributed by atoms with van der Waals surface area (Å²) >= 11 is 0. The normalized spacial score (nSPS) is 10.3. The smallest absolute Gasteiger partial charge is 0.271 e. The number of hydrogen-bond donors (Lipinski definition) is 2. The Morgan fingerprint density at radius 2 is 1.92 bits per heavy atom. The van der Waals surface area contributed by atoms with E-state index in [1.165, 1.54) is 6.20 Å². The van der Waals surface area contributed by atoms with Gasteiger partial charge in [0.05, 0.1) is 24.6 Å². The molecule has 0 saturated carbocycles. The van der Waals surface area contributed by atoms with Gasteiger partial charge >= 0.3 is 0 Å². The van der Waals surface area contributed by atoms with Crippen LogP contribution in [-0.2, 0) is 13.1 Å². The zero-order valence-electron chi connectivity index (χ0n) is 13.9. The van der Waals surface area contributed by atoms with E-state index in [1.54, 1.807) is 12.4 Å². The van der Waals surface area contributed by atoms with Gasteiger partial charge in [0, 0.05) is 12.7 Å². The zero-order chi connectivity index (χ0) is 17.5. The molecule has 3 rings (SSSR count). The van der Waals surface area contributed by atoms with E-state index in [2.05, 4.69) is 25.6 Å². The lowest BCUT2D eigenvalue weighted by Gasteiger charge is -2.07. The van der Waals surface area contributed by atoms with Crippen LogP contribution >= 0.6 is 0 Å². The summed E-state index contributed by atoms with van der Waals surface area (Å²) < 4.78 is 0. The van der Waals surface area contributed by atoms with Crippen LogP contribution in [0.15, 0.2) is 61.1 Å². The Labute approximate surface area is 146 Å². The van der Waals surface area contributed by atoms with Gasteiger partial charge in [0.15, 0.2) is 0 Å². The number of carbonyl (C=O) groups is 1. The Morgan fingerprint density at radius 3 is 2.64 bits per heavy atom. The fourth-order valence-corrected chi connectivity index (χ4v) is 2.32. The van der Waals surface area contributed by atoms with Crippen molar-refractivity contribution in [2.75, 3.05) is 5.32 Å². The highest BCUT2D eigenvalue weighted by atomic mass is 16.1. The van der Waals surface area contributed by atoms with Crippen LogP contribution in [0.4, 0.5) is 5.82 Å². The molecule has 2 aromatic heterocycles. The lowest BCUT2D eigenvalue weighted by molar-refractivity contribution is 0.0945. The number of aryl methyl sites for hydroxylation is 1. The molecule has 0 aliphatic rings. The number of hydrogen-bond acceptors (Lipinski definition) is 5. The average molecular weight is 333 g/mol. The maximum Gasteiger partial charge on any atom is 0.271 e. The number of pyridine rings is 1. The number of anilines is 1. The van der Waals surface area contributed by atoms with E-state index in [-0.39, 0.29) is 11.6 Å². The molecule has 2 N–H and O–H groups in total. The molecule has 126 valence electrons. The summed E-state index contributed by atoms with van der Waals surface area (Å²) in [5, 5.41) is 5.97. The van der Waals surface area contributed by atoms with Crippen LogP contribution in [0.25, 0.3) is 0 Å². The maximum atomic E-state index is 12.1. The average Bonchev–Trinajstić information content (AvgIpc) is 2.66. The monoisotopic (exact) mass is 333 g/mol. The second-order valence-corrected chi connectivity index (χ2v) is 5.63. The van der Waals surface area contributed by atoms with Crippen molar-refractivity contribution in [3.63, 3.8) is 0 Å². The molecule has 1 amide bonds. The molecular formula is C19H19N5O. The molecular weight excluding hydrogens is 314 g/mol. The van der Waals surface area contributed by atoms with Crippen molar-refractivity contribution in [1.29, 1.82) is 0 Å². The first-order valence-electron chi connectivity index (χ1n) is 8.00. The lowest BCUT2D eigenvalue weighted by atomic mass is 10.1. The van der Waals surface area contributed by atoms with Crippen molar-refractivity contribution in [2.24, 2.45) is 0 Å². The summed E-state index contributed by atoms with van der Waals surface area (Å²) in [6.45, 7) is 3.03. The Balaban J connectivity index is 1.53. The number of aromatic nitrogens is 3. The molecule has 0 atom stereocenters. The van der Waals surface area contributed by atoms with Gasteiger partial charge in [-0.05, 0) is 24.6 Å². The zero-order valence-corrected chi connectivity index (χ0v) is 13.9. The molecule has 0 spiro atoms. The Kier molecular flexibility index (Phi) is 5.31. The summed E-state index contributed by atoms with van der Waals surface area (Å²) in [6.07, 6.45) is 4.75. The van der Waals surface area contributed by atoms with Crippen molar-refractivity contribution in [3.8, 4) is 0 Å². The minimum Gasteiger partial charge on any atom is -0.363 e. The van der Waals surface area contributed by atoms with Crippen molar-refractivity contribution in [2.45, 2.75) is 20.0 Å². The molecule has 0 aliphatic heterocycles. The molecule has 0 radical (unpaired) electrons. The van der Waals surface area contributed by atoms with E-state index in [1.807, 2.05) is 49.4 Å². The quantitative estimate of drug-likeness (QED) is 0.725. The summed E-state index contributed by atoms with van der Waals surface area (Å²) in [5.41, 5.74) is 3.41. The number of amides is 1. The Bertz CT molecular complexity index is 834. The van der Waals surface area contributed by atoms with E-state index in [4.69, 9.17) is 0 Å². The van der Waals surface area contributed by atoms with E-state index in [0.717, 1.165) is 16.8 Å². The molecule has 3 aromatic rings. The van der Waals surface area contributed by atoms with Gasteiger partial charge in [0.2, 0.25) is 0 Å². The summed E-state index contributed by atoms with van der Waals surface area (Å²) in [4.78, 5) is 24.8. The van der Waals surface area contributed by atoms with Gasteiger partial charge in [0.25, 0.3) is 5.91 Å². The fraction of sp³-hybridized carbons (Fsp3) is 0.158. The maximum absolute atomic E-state index is 12.1. The van der Waals surface area contributed by atoms with Crippen molar-refractivity contribution >= 4 is 11.7 Å². The van der Waals surface area contributed by atoms with E-state index in [9.17, 15) is 4.79 Å². The number of benzene rings is 1. The van der Waals surface area contributed by atoms with E-state index < -0.39 is 0 Å². The molecule has 2 heterocycles. The van der Waals surface area contributed by atoms with Gasteiger partial charge in [-0.1, -0.05) is 35.9 Å². The largest absolute Gasteiger partial charge is 0.363 e. The van der Waals surface area contributed by atoms with E-state index >= 15 is 0 Å². The third-order valence-electron chi connectivity index (χ3n) is 3.60. The molecule has 0 fully saturated rings. The summed E-state index contributed by atoms with van der Waals surface area (Å²) in [7, 11) is 0. The minimum absolute atomic E-state index is 0.245. The highest BCUT2D eigenvalue weighted by Crippen LogP contribution is 2.06. The van der Waals surface area contributed by atoms with Crippen LogP contribution in [0.5, 0.6) is 0 Å². The van der Waals surface area contributed by atoms with E-state index in [0.29, 0.717) is 18.9 Å². The van der Waals surface area contributed by atoms with Gasteiger partial charge in [-0.2, -0.15) is 0 Å². The highest BCUT2D eigenvalue weighted by Gasteiger charge is 2.08. The van der Waals surface area contributed by atoms with Crippen LogP contribution in [0, 0.1) is 6.92 Å². The van der Waals surface area contributed by atoms with Gasteiger partial charge in [-0.25, -0.2) is 9.97 Å². The third kappa shape index (κ3) is 4.84. The Hall–Kier alpha value is -3.28. The minimum atomic E-state index is -0.245. The number of nitrogens with zero attached hydrogens (tertiary/aromatic N) is 3. The van der Waals surface area contributed by atoms with Gasteiger partial charge in [0.1, 0.15) is 11.5 Å². The highest BCUT2D eigenvalue weighted by molar-refractivity contribution is 5.91. The lowest BCUT2D eigenvalue weighted by Crippen LogP contribution is -2.24.